The van der Waals surface area contributed by atoms with Gasteiger partial charge in [-0.3, -0.25) is 4.79 Å². The van der Waals surface area contributed by atoms with E-state index < -0.39 is 43.2 Å². The standard InChI is InChI=1S/C8H15NO6/c1-3(11)9-5-7(13)6(12)4(2-10)15-8(5)14/h4-8,10,12-14H,2H2,1H3,(H,9,11)/t4-,5-,6+,7+,8+/m0/s1. The molecule has 7 nitrogen and oxygen atoms in total. The molecule has 0 bridgehead atoms. The Bertz CT molecular complexity index is 235. The Morgan fingerprint density at radius 1 is 1.33 bits per heavy atom. The zero-order valence-corrected chi connectivity index (χ0v) is 8.20. The highest BCUT2D eigenvalue weighted by Gasteiger charge is 2.43. The van der Waals surface area contributed by atoms with Crippen molar-refractivity contribution in [1.29, 1.82) is 0 Å². The summed E-state index contributed by atoms with van der Waals surface area (Å²) in [5, 5.41) is 39.4. The number of hydrogen-bond donors (Lipinski definition) is 5. The van der Waals surface area contributed by atoms with Gasteiger partial charge in [0.1, 0.15) is 24.4 Å². The van der Waals surface area contributed by atoms with E-state index in [1.807, 2.05) is 0 Å². The molecule has 1 aliphatic heterocycles. The molecule has 0 saturated carbocycles. The molecule has 0 aliphatic carbocycles. The highest BCUT2D eigenvalue weighted by molar-refractivity contribution is 5.73. The molecule has 0 radical (unpaired) electrons. The Balaban J connectivity index is 2.70. The average molecular weight is 221 g/mol. The lowest BCUT2D eigenvalue weighted by Crippen LogP contribution is -2.63. The van der Waals surface area contributed by atoms with Gasteiger partial charge in [0.25, 0.3) is 0 Å². The maximum absolute atomic E-state index is 10.7. The fourth-order valence-electron chi connectivity index (χ4n) is 1.49. The zero-order chi connectivity index (χ0) is 11.6. The van der Waals surface area contributed by atoms with Crippen molar-refractivity contribution >= 4 is 5.91 Å². The van der Waals surface area contributed by atoms with Crippen LogP contribution in [0.5, 0.6) is 0 Å². The van der Waals surface area contributed by atoms with Gasteiger partial charge in [-0.25, -0.2) is 0 Å². The highest BCUT2D eigenvalue weighted by atomic mass is 16.6. The number of carbonyl (C=O) groups is 1. The lowest BCUT2D eigenvalue weighted by Gasteiger charge is -2.40. The van der Waals surface area contributed by atoms with Gasteiger partial charge >= 0.3 is 0 Å². The van der Waals surface area contributed by atoms with Crippen molar-refractivity contribution in [1.82, 2.24) is 5.32 Å². The van der Waals surface area contributed by atoms with Gasteiger partial charge in [-0.05, 0) is 0 Å². The molecule has 1 rings (SSSR count). The van der Waals surface area contributed by atoms with Crippen LogP contribution in [0.1, 0.15) is 6.92 Å². The molecule has 7 heteroatoms. The molecule has 88 valence electrons. The van der Waals surface area contributed by atoms with E-state index in [1.54, 1.807) is 0 Å². The van der Waals surface area contributed by atoms with E-state index in [1.165, 1.54) is 6.92 Å². The summed E-state index contributed by atoms with van der Waals surface area (Å²) in [5.74, 6) is -0.462. The summed E-state index contributed by atoms with van der Waals surface area (Å²) in [4.78, 5) is 10.7. The Labute approximate surface area is 86.3 Å². The number of aliphatic hydroxyl groups is 4. The first-order valence-corrected chi connectivity index (χ1v) is 4.55. The second-order valence-corrected chi connectivity index (χ2v) is 3.46. The minimum absolute atomic E-state index is 0.462. The first-order chi connectivity index (χ1) is 6.97. The van der Waals surface area contributed by atoms with Gasteiger partial charge in [0.2, 0.25) is 5.91 Å². The number of carbonyl (C=O) groups excluding carboxylic acids is 1. The third-order valence-electron chi connectivity index (χ3n) is 2.27. The average Bonchev–Trinajstić information content (AvgIpc) is 2.18. The van der Waals surface area contributed by atoms with Gasteiger partial charge in [-0.15, -0.1) is 0 Å². The summed E-state index contributed by atoms with van der Waals surface area (Å²) in [5.41, 5.74) is 0. The SMILES string of the molecule is CC(=O)N[C@H]1[C@@H](O)[C@H](O)[C@H](CO)O[C@H]1O. The van der Waals surface area contributed by atoms with Crippen LogP contribution in [-0.4, -0.2) is 63.6 Å². The Morgan fingerprint density at radius 2 is 1.93 bits per heavy atom. The van der Waals surface area contributed by atoms with Crippen molar-refractivity contribution < 1.29 is 30.0 Å². The molecular weight excluding hydrogens is 206 g/mol. The summed E-state index contributed by atoms with van der Waals surface area (Å²) in [7, 11) is 0. The van der Waals surface area contributed by atoms with E-state index in [-0.39, 0.29) is 0 Å². The summed E-state index contributed by atoms with van der Waals surface area (Å²) >= 11 is 0. The molecular formula is C8H15NO6. The lowest BCUT2D eigenvalue weighted by atomic mass is 9.97. The molecule has 1 saturated heterocycles. The number of aliphatic hydroxyl groups excluding tert-OH is 4. The van der Waals surface area contributed by atoms with Crippen LogP contribution in [-0.2, 0) is 9.53 Å². The maximum Gasteiger partial charge on any atom is 0.217 e. The van der Waals surface area contributed by atoms with Gasteiger partial charge in [-0.2, -0.15) is 0 Å². The van der Waals surface area contributed by atoms with E-state index in [0.717, 1.165) is 0 Å². The fraction of sp³-hybridized carbons (Fsp3) is 0.875. The van der Waals surface area contributed by atoms with Crippen LogP contribution in [0, 0.1) is 0 Å². The van der Waals surface area contributed by atoms with Crippen LogP contribution in [0.2, 0.25) is 0 Å². The van der Waals surface area contributed by atoms with Gasteiger partial charge in [0.05, 0.1) is 6.61 Å². The zero-order valence-electron chi connectivity index (χ0n) is 8.20. The van der Waals surface area contributed by atoms with Crippen molar-refractivity contribution in [3.05, 3.63) is 0 Å². The third kappa shape index (κ3) is 2.64. The maximum atomic E-state index is 10.7. The van der Waals surface area contributed by atoms with Crippen LogP contribution >= 0.6 is 0 Å². The monoisotopic (exact) mass is 221 g/mol. The predicted octanol–water partition coefficient (Wildman–Crippen LogP) is -3.08. The molecule has 15 heavy (non-hydrogen) atoms. The van der Waals surface area contributed by atoms with E-state index in [2.05, 4.69) is 5.32 Å². The highest BCUT2D eigenvalue weighted by Crippen LogP contribution is 2.19. The minimum Gasteiger partial charge on any atom is -0.394 e. The summed E-state index contributed by atoms with van der Waals surface area (Å²) in [6, 6.07) is -1.10. The van der Waals surface area contributed by atoms with E-state index in [9.17, 15) is 20.1 Å². The van der Waals surface area contributed by atoms with Crippen LogP contribution in [0.15, 0.2) is 0 Å². The number of nitrogens with one attached hydrogen (secondary N) is 1. The van der Waals surface area contributed by atoms with Gasteiger partial charge < -0.3 is 30.5 Å². The van der Waals surface area contributed by atoms with Crippen molar-refractivity contribution in [2.24, 2.45) is 0 Å². The van der Waals surface area contributed by atoms with Crippen LogP contribution < -0.4 is 5.32 Å². The molecule has 1 amide bonds. The van der Waals surface area contributed by atoms with Crippen LogP contribution in [0.25, 0.3) is 0 Å². The molecule has 5 N–H and O–H groups in total. The smallest absolute Gasteiger partial charge is 0.217 e. The third-order valence-corrected chi connectivity index (χ3v) is 2.27. The first-order valence-electron chi connectivity index (χ1n) is 4.55. The second-order valence-electron chi connectivity index (χ2n) is 3.46. The molecule has 1 fully saturated rings. The summed E-state index contributed by atoms with van der Waals surface area (Å²) in [6.45, 7) is 0.687. The van der Waals surface area contributed by atoms with Crippen molar-refractivity contribution in [3.63, 3.8) is 0 Å². The number of amides is 1. The van der Waals surface area contributed by atoms with Gasteiger partial charge in [0, 0.05) is 6.92 Å². The molecule has 5 atom stereocenters. The van der Waals surface area contributed by atoms with Crippen molar-refractivity contribution in [2.75, 3.05) is 6.61 Å². The van der Waals surface area contributed by atoms with E-state index in [0.29, 0.717) is 0 Å². The quantitative estimate of drug-likeness (QED) is 0.337. The van der Waals surface area contributed by atoms with Crippen molar-refractivity contribution in [3.8, 4) is 0 Å². The first kappa shape index (κ1) is 12.3. The molecule has 0 aromatic carbocycles. The molecule has 0 aromatic heterocycles. The fourth-order valence-corrected chi connectivity index (χ4v) is 1.49. The molecule has 1 aliphatic rings. The summed E-state index contributed by atoms with van der Waals surface area (Å²) < 4.78 is 4.81. The number of rotatable bonds is 2. The normalized spacial score (nSPS) is 41.3. The Morgan fingerprint density at radius 3 is 2.40 bits per heavy atom. The van der Waals surface area contributed by atoms with Crippen LogP contribution in [0.4, 0.5) is 0 Å². The van der Waals surface area contributed by atoms with Gasteiger partial charge in [-0.1, -0.05) is 0 Å². The number of ether oxygens (including phenoxy) is 1. The number of hydrogen-bond acceptors (Lipinski definition) is 6. The van der Waals surface area contributed by atoms with E-state index >= 15 is 0 Å². The topological polar surface area (TPSA) is 119 Å². The van der Waals surface area contributed by atoms with Gasteiger partial charge in [0.15, 0.2) is 6.29 Å². The predicted molar refractivity (Wildman–Crippen MR) is 47.6 cm³/mol. The molecule has 0 unspecified atom stereocenters. The van der Waals surface area contributed by atoms with Crippen molar-refractivity contribution in [2.45, 2.75) is 37.6 Å². The summed E-state index contributed by atoms with van der Waals surface area (Å²) in [6.07, 6.45) is -5.24. The molecule has 0 aromatic rings. The largest absolute Gasteiger partial charge is 0.394 e. The second kappa shape index (κ2) is 4.86. The molecule has 1 heterocycles. The Hall–Kier alpha value is -0.730. The molecule has 0 spiro atoms. The Kier molecular flexibility index (Phi) is 4.00. The lowest BCUT2D eigenvalue weighted by molar-refractivity contribution is -0.253. The van der Waals surface area contributed by atoms with Crippen LogP contribution in [0.3, 0.4) is 0 Å². The van der Waals surface area contributed by atoms with E-state index in [4.69, 9.17) is 9.84 Å². The minimum atomic E-state index is -1.45.